The van der Waals surface area contributed by atoms with Crippen molar-refractivity contribution in [2.24, 2.45) is 0 Å². The minimum absolute atomic E-state index is 0. The van der Waals surface area contributed by atoms with Gasteiger partial charge in [-0.05, 0) is 106 Å². The van der Waals surface area contributed by atoms with Crippen LogP contribution < -0.4 is 152 Å². The largest absolute Gasteiger partial charge is 2.00 e. The molecule has 2 aliphatic heterocycles. The van der Waals surface area contributed by atoms with Gasteiger partial charge in [0.25, 0.3) is 0 Å². The Kier molecular flexibility index (Phi) is 49.4. The van der Waals surface area contributed by atoms with E-state index in [1.165, 1.54) is 43.0 Å². The fourth-order valence-corrected chi connectivity index (χ4v) is 12.4. The summed E-state index contributed by atoms with van der Waals surface area (Å²) in [4.78, 5) is 45.3. The van der Waals surface area contributed by atoms with Crippen molar-refractivity contribution in [3.63, 3.8) is 0 Å². The second kappa shape index (κ2) is 55.3. The normalized spacial score (nSPS) is 9.98. The summed E-state index contributed by atoms with van der Waals surface area (Å²) < 4.78 is 166. The van der Waals surface area contributed by atoms with Crippen LogP contribution in [0.4, 0.5) is 11.4 Å². The summed E-state index contributed by atoms with van der Waals surface area (Å²) in [5.74, 6) is 5.38. The van der Waals surface area contributed by atoms with E-state index in [0.29, 0.717) is 63.0 Å². The minimum atomic E-state index is -4.45. The molecule has 0 saturated carbocycles. The molecular formula is C84H72CuN10Na4O20S5. The Morgan fingerprint density at radius 3 is 0.952 bits per heavy atom. The van der Waals surface area contributed by atoms with Gasteiger partial charge < -0.3 is 62.7 Å². The zero-order valence-corrected chi connectivity index (χ0v) is 82.2. The van der Waals surface area contributed by atoms with Crippen LogP contribution in [0.1, 0.15) is 62.4 Å². The average molecular weight is 1860 g/mol. The van der Waals surface area contributed by atoms with Gasteiger partial charge in [0.2, 0.25) is 0 Å². The van der Waals surface area contributed by atoms with Gasteiger partial charge in [0, 0.05) is 56.3 Å². The van der Waals surface area contributed by atoms with E-state index >= 15 is 0 Å². The molecule has 0 fully saturated rings. The maximum Gasteiger partial charge on any atom is 2.00 e. The number of aryl methyl sites for hydroxylation is 5. The van der Waals surface area contributed by atoms with Gasteiger partial charge in [0.1, 0.15) is 43.2 Å². The number of hydrogen-bond acceptors (Lipinski definition) is 26. The maximum absolute atomic E-state index is 10.8. The van der Waals surface area contributed by atoms with Crippen LogP contribution in [0.5, 0.6) is 34.5 Å². The van der Waals surface area contributed by atoms with Gasteiger partial charge in [-0.3, -0.25) is 4.85 Å². The van der Waals surface area contributed by atoms with Crippen molar-refractivity contribution in [3.05, 3.63) is 275 Å². The molecule has 2 aliphatic rings. The van der Waals surface area contributed by atoms with Crippen LogP contribution in [0.15, 0.2) is 222 Å². The SMILES string of the molecule is CCc1cc[c-]c(OC)c1.CCc1cc[c-]c(OC)c1.CCc1ccc(S(=O)(=O)[O-])c(OC)c1.CCc1ccc(S(=O)(=O)[O-])c(OC)c1.O=S(=O)=O.O=S(=O)=O.O=S(=O)=O.[C-]#[N+]c1ccc(Oc2cccc(CC)c2)cc1[N+]#[C-].[Cu+2].[Na+].[Na+].[Na+].[Na+].c1ccc2c(c1)-c1nc-2nc2[n-]c(nc3nc(nc4[n-]c(n1)c1ccccc41)-c1ccccc1-3)c1ccccc21. The van der Waals surface area contributed by atoms with Crippen LogP contribution in [-0.2, 0) is 101 Å². The molecule has 3 aromatic heterocycles. The quantitative estimate of drug-likeness (QED) is 0.0909. The number of ether oxygens (including phenoxy) is 5. The molecule has 0 spiro atoms. The molecule has 0 aliphatic carbocycles. The van der Waals surface area contributed by atoms with Crippen LogP contribution in [0.2, 0.25) is 0 Å². The monoisotopic (exact) mass is 1860 g/mol. The molecule has 0 unspecified atom stereocenters. The van der Waals surface area contributed by atoms with Crippen LogP contribution >= 0.6 is 0 Å². The second-order valence-electron chi connectivity index (χ2n) is 24.1. The molecule has 40 heteroatoms. The molecule has 0 saturated heterocycles. The van der Waals surface area contributed by atoms with Gasteiger partial charge >= 0.3 is 167 Å². The Hall–Kier alpha value is -9.26. The van der Waals surface area contributed by atoms with Crippen molar-refractivity contribution < 1.29 is 223 Å². The summed E-state index contributed by atoms with van der Waals surface area (Å²) in [5, 5.41) is 3.57. The molecule has 0 N–H and O–H groups in total. The van der Waals surface area contributed by atoms with Crippen molar-refractivity contribution in [3.8, 4) is 80.0 Å². The molecule has 623 valence electrons. The maximum atomic E-state index is 10.8. The summed E-state index contributed by atoms with van der Waals surface area (Å²) >= 11 is 0. The fraction of sp³-hybridized carbons (Fsp3) is 0.167. The Bertz CT molecular complexity index is 6150. The summed E-state index contributed by atoms with van der Waals surface area (Å²) in [5.41, 5.74) is 12.1. The molecule has 8 bridgehead atoms. The van der Waals surface area contributed by atoms with Crippen molar-refractivity contribution >= 4 is 108 Å². The van der Waals surface area contributed by atoms with Crippen LogP contribution in [0.25, 0.3) is 99.4 Å². The van der Waals surface area contributed by atoms with Crippen LogP contribution in [0.3, 0.4) is 0 Å². The standard InChI is InChI=1S/C32H16N8.C16H12N2O.2C9H12O4S.2C9H11O.Cu.4Na.3O3S/c1-2-10-18-17(9-1)25-33-26(18)38-28-21-13-5-6-14-22(21)30(35-28)40-32-24-16-8-7-15-23(24)31(36-32)39-29-20-12-4-3-11-19(20)27(34-29)37-25;1-4-12-6-5-7-13(10-12)19-14-8-9-15(17-2)16(11-14)18-3;2*1-3-7-4-5-9(14(10,11)12)8(6-7)13-2;2*1-3-8-5-4-6-9(7-8)10-2;;;;;;3*1-4(2)3/h1-16H;5-11H,4H2,1H3;2*4-6H,3H2,1-2H3,(H,10,11,12);2*4-5,7H,3H2,1-2H3;;;;;;;;/q-2;;;;2*-1;+2;4*+1;;;/p-2. The molecule has 0 atom stereocenters. The van der Waals surface area contributed by atoms with Crippen LogP contribution in [0, 0.1) is 25.3 Å². The molecule has 15 rings (SSSR count). The Morgan fingerprint density at radius 2 is 0.661 bits per heavy atom. The third-order valence-electron chi connectivity index (χ3n) is 16.8. The number of methoxy groups -OCH3 is 4. The summed E-state index contributed by atoms with van der Waals surface area (Å²) in [6, 6.07) is 71.3. The van der Waals surface area contributed by atoms with Crippen molar-refractivity contribution in [2.45, 2.75) is 76.5 Å². The zero-order chi connectivity index (χ0) is 86.9. The Balaban J connectivity index is 0.000000528. The fourth-order valence-electron chi connectivity index (χ4n) is 11.1. The van der Waals surface area contributed by atoms with Crippen molar-refractivity contribution in [1.29, 1.82) is 0 Å². The predicted octanol–water partition coefficient (Wildman–Crippen LogP) is 2.71. The number of fused-ring (bicyclic) bond motifs is 20. The van der Waals surface area contributed by atoms with E-state index in [1.807, 2.05) is 172 Å². The van der Waals surface area contributed by atoms with E-state index in [2.05, 4.69) is 42.6 Å². The van der Waals surface area contributed by atoms with E-state index in [4.69, 9.17) is 115 Å². The number of hydrogen-bond donors (Lipinski definition) is 0. The van der Waals surface area contributed by atoms with Gasteiger partial charge in [-0.1, -0.05) is 175 Å². The van der Waals surface area contributed by atoms with Gasteiger partial charge in [-0.15, -0.1) is 62.1 Å². The number of aromatic nitrogens is 8. The minimum Gasteiger partial charge on any atom is -0.744 e. The molecule has 0 amide bonds. The number of nitrogens with zero attached hydrogens (tertiary/aromatic N) is 10. The van der Waals surface area contributed by atoms with E-state index in [-0.39, 0.29) is 157 Å². The molecule has 1 radical (unpaired) electrons. The van der Waals surface area contributed by atoms with Gasteiger partial charge in [0.15, 0.2) is 11.4 Å². The smallest absolute Gasteiger partial charge is 0.744 e. The topological polar surface area (TPSA) is 428 Å². The third-order valence-corrected chi connectivity index (χ3v) is 18.6. The van der Waals surface area contributed by atoms with Gasteiger partial charge in [-0.25, -0.2) is 31.6 Å². The number of benzene rings is 10. The Morgan fingerprint density at radius 1 is 0.363 bits per heavy atom. The van der Waals surface area contributed by atoms with E-state index < -0.39 is 52.1 Å². The second-order valence-corrected chi connectivity index (χ2v) is 28.0. The molecule has 5 heterocycles. The molecule has 13 aromatic rings. The van der Waals surface area contributed by atoms with Gasteiger partial charge in [-0.2, -0.15) is 35.4 Å². The van der Waals surface area contributed by atoms with Crippen LogP contribution in [-0.4, -0.2) is 122 Å². The molecule has 10 aromatic carbocycles. The first kappa shape index (κ1) is 111. The van der Waals surface area contributed by atoms with E-state index in [0.717, 1.165) is 104 Å². The van der Waals surface area contributed by atoms with Crippen molar-refractivity contribution in [1.82, 2.24) is 39.9 Å². The predicted molar refractivity (Wildman–Crippen MR) is 441 cm³/mol. The van der Waals surface area contributed by atoms with E-state index in [1.54, 1.807) is 56.7 Å². The van der Waals surface area contributed by atoms with E-state index in [9.17, 15) is 25.9 Å². The number of rotatable bonds is 13. The molecule has 124 heavy (non-hydrogen) atoms. The summed E-state index contributed by atoms with van der Waals surface area (Å²) in [7, 11) is -12.2. The third kappa shape index (κ3) is 33.3. The van der Waals surface area contributed by atoms with Gasteiger partial charge in [0.05, 0.1) is 74.7 Å². The average Bonchev–Trinajstić information content (AvgIpc) is 1.60. The summed E-state index contributed by atoms with van der Waals surface area (Å²) in [6.45, 7) is 24.2. The molecule has 30 nitrogen and oxygen atoms in total. The first-order valence-corrected chi connectivity index (χ1v) is 41.2. The summed E-state index contributed by atoms with van der Waals surface area (Å²) in [6.07, 6.45) is 4.56. The van der Waals surface area contributed by atoms with Crippen molar-refractivity contribution in [2.75, 3.05) is 28.4 Å². The first-order chi connectivity index (χ1) is 57.0. The Labute approximate surface area is 820 Å². The molecular weight excluding hydrogens is 1780 g/mol. The first-order valence-electron chi connectivity index (χ1n) is 35.4. The zero-order valence-electron chi connectivity index (χ0n) is 69.2.